The Kier molecular flexibility index (Phi) is 4.80. The van der Waals surface area contributed by atoms with Crippen molar-refractivity contribution >= 4 is 5.84 Å². The molecule has 4 heteroatoms. The molecule has 4 nitrogen and oxygen atoms in total. The SMILES string of the molecule is Cc1cc(/C(N)=N/O)ccc1CNCCCC1CC1. The van der Waals surface area contributed by atoms with Gasteiger partial charge in [-0.1, -0.05) is 30.1 Å². The summed E-state index contributed by atoms with van der Waals surface area (Å²) in [5, 5.41) is 15.1. The Morgan fingerprint density at radius 2 is 2.26 bits per heavy atom. The summed E-state index contributed by atoms with van der Waals surface area (Å²) in [6, 6.07) is 5.89. The quantitative estimate of drug-likeness (QED) is 0.232. The number of hydrogen-bond acceptors (Lipinski definition) is 3. The first-order valence-corrected chi connectivity index (χ1v) is 6.99. The second-order valence-electron chi connectivity index (χ2n) is 5.39. The van der Waals surface area contributed by atoms with E-state index in [1.807, 2.05) is 18.2 Å². The molecule has 0 aromatic heterocycles. The van der Waals surface area contributed by atoms with Crippen molar-refractivity contribution in [1.29, 1.82) is 0 Å². The Morgan fingerprint density at radius 1 is 1.47 bits per heavy atom. The minimum atomic E-state index is 0.159. The first kappa shape index (κ1) is 13.9. The van der Waals surface area contributed by atoms with Gasteiger partial charge in [-0.2, -0.15) is 0 Å². The third-order valence-electron chi connectivity index (χ3n) is 3.72. The Bertz CT molecular complexity index is 453. The summed E-state index contributed by atoms with van der Waals surface area (Å²) in [6.07, 6.45) is 5.52. The van der Waals surface area contributed by atoms with E-state index in [9.17, 15) is 0 Å². The number of rotatable bonds is 7. The van der Waals surface area contributed by atoms with Gasteiger partial charge in [-0.05, 0) is 49.4 Å². The van der Waals surface area contributed by atoms with Gasteiger partial charge >= 0.3 is 0 Å². The molecular weight excluding hydrogens is 238 g/mol. The molecule has 19 heavy (non-hydrogen) atoms. The molecule has 1 saturated carbocycles. The molecule has 1 fully saturated rings. The molecule has 1 aromatic rings. The molecule has 4 N–H and O–H groups in total. The maximum Gasteiger partial charge on any atom is 0.170 e. The Hall–Kier alpha value is -1.55. The Labute approximate surface area is 114 Å². The van der Waals surface area contributed by atoms with Crippen molar-refractivity contribution in [2.45, 2.75) is 39.2 Å². The molecule has 2 rings (SSSR count). The predicted molar refractivity (Wildman–Crippen MR) is 77.4 cm³/mol. The highest BCUT2D eigenvalue weighted by atomic mass is 16.4. The average Bonchev–Trinajstić information content (AvgIpc) is 3.23. The third kappa shape index (κ3) is 4.24. The van der Waals surface area contributed by atoms with Crippen LogP contribution in [0, 0.1) is 12.8 Å². The predicted octanol–water partition coefficient (Wildman–Crippen LogP) is 2.37. The lowest BCUT2D eigenvalue weighted by atomic mass is 10.0. The maximum atomic E-state index is 8.65. The summed E-state index contributed by atoms with van der Waals surface area (Å²) >= 11 is 0. The zero-order chi connectivity index (χ0) is 13.7. The van der Waals surface area contributed by atoms with Crippen LogP contribution in [0.4, 0.5) is 0 Å². The molecule has 1 aromatic carbocycles. The lowest BCUT2D eigenvalue weighted by Gasteiger charge is -2.09. The molecule has 0 aliphatic heterocycles. The maximum absolute atomic E-state index is 8.65. The largest absolute Gasteiger partial charge is 0.409 e. The lowest BCUT2D eigenvalue weighted by molar-refractivity contribution is 0.318. The molecule has 0 bridgehead atoms. The number of amidine groups is 1. The smallest absolute Gasteiger partial charge is 0.170 e. The van der Waals surface area contributed by atoms with Crippen molar-refractivity contribution < 1.29 is 5.21 Å². The minimum Gasteiger partial charge on any atom is -0.409 e. The van der Waals surface area contributed by atoms with E-state index in [0.29, 0.717) is 0 Å². The Morgan fingerprint density at radius 3 is 2.89 bits per heavy atom. The summed E-state index contributed by atoms with van der Waals surface area (Å²) in [7, 11) is 0. The summed E-state index contributed by atoms with van der Waals surface area (Å²) in [4.78, 5) is 0. The lowest BCUT2D eigenvalue weighted by Crippen LogP contribution is -2.17. The second kappa shape index (κ2) is 6.57. The minimum absolute atomic E-state index is 0.159. The average molecular weight is 261 g/mol. The molecule has 0 unspecified atom stereocenters. The van der Waals surface area contributed by atoms with Gasteiger partial charge in [-0.3, -0.25) is 0 Å². The van der Waals surface area contributed by atoms with E-state index in [0.717, 1.165) is 24.6 Å². The van der Waals surface area contributed by atoms with E-state index in [2.05, 4.69) is 17.4 Å². The van der Waals surface area contributed by atoms with E-state index in [-0.39, 0.29) is 5.84 Å². The highest BCUT2D eigenvalue weighted by Gasteiger charge is 2.19. The van der Waals surface area contributed by atoms with Crippen LogP contribution in [0.25, 0.3) is 0 Å². The zero-order valence-corrected chi connectivity index (χ0v) is 11.5. The normalized spacial score (nSPS) is 15.7. The summed E-state index contributed by atoms with van der Waals surface area (Å²) in [5.74, 6) is 1.18. The number of benzene rings is 1. The van der Waals surface area contributed by atoms with Gasteiger partial charge in [0.05, 0.1) is 0 Å². The van der Waals surface area contributed by atoms with Crippen molar-refractivity contribution in [3.8, 4) is 0 Å². The van der Waals surface area contributed by atoms with E-state index in [1.54, 1.807) is 0 Å². The Balaban J connectivity index is 1.79. The van der Waals surface area contributed by atoms with Crippen LogP contribution in [-0.4, -0.2) is 17.6 Å². The highest BCUT2D eigenvalue weighted by molar-refractivity contribution is 5.97. The van der Waals surface area contributed by atoms with Crippen molar-refractivity contribution in [1.82, 2.24) is 5.32 Å². The van der Waals surface area contributed by atoms with E-state index in [4.69, 9.17) is 10.9 Å². The molecule has 0 amide bonds. The third-order valence-corrected chi connectivity index (χ3v) is 3.72. The molecule has 1 aliphatic rings. The van der Waals surface area contributed by atoms with E-state index < -0.39 is 0 Å². The summed E-state index contributed by atoms with van der Waals surface area (Å²) < 4.78 is 0. The fourth-order valence-corrected chi connectivity index (χ4v) is 2.26. The molecule has 0 radical (unpaired) electrons. The van der Waals surface area contributed by atoms with Crippen LogP contribution in [0.15, 0.2) is 23.4 Å². The van der Waals surface area contributed by atoms with E-state index >= 15 is 0 Å². The van der Waals surface area contributed by atoms with Gasteiger partial charge in [0.2, 0.25) is 0 Å². The topological polar surface area (TPSA) is 70.6 Å². The number of hydrogen-bond donors (Lipinski definition) is 3. The monoisotopic (exact) mass is 261 g/mol. The molecule has 0 saturated heterocycles. The van der Waals surface area contributed by atoms with Gasteiger partial charge in [0.1, 0.15) is 0 Å². The van der Waals surface area contributed by atoms with Crippen molar-refractivity contribution in [2.75, 3.05) is 6.54 Å². The van der Waals surface area contributed by atoms with Gasteiger partial charge in [0.15, 0.2) is 5.84 Å². The second-order valence-corrected chi connectivity index (χ2v) is 5.39. The van der Waals surface area contributed by atoms with Gasteiger partial charge in [0, 0.05) is 12.1 Å². The number of nitrogens with zero attached hydrogens (tertiary/aromatic N) is 1. The van der Waals surface area contributed by atoms with Crippen LogP contribution in [0.3, 0.4) is 0 Å². The number of aryl methyl sites for hydroxylation is 1. The van der Waals surface area contributed by atoms with Crippen LogP contribution < -0.4 is 11.1 Å². The first-order chi connectivity index (χ1) is 9.20. The van der Waals surface area contributed by atoms with Crippen molar-refractivity contribution in [2.24, 2.45) is 16.8 Å². The first-order valence-electron chi connectivity index (χ1n) is 6.99. The standard InChI is InChI=1S/C15H23N3O/c1-11-9-13(15(16)18-19)6-7-14(11)10-17-8-2-3-12-4-5-12/h6-7,9,12,17,19H,2-5,8,10H2,1H3,(H2,16,18). The fourth-order valence-electron chi connectivity index (χ4n) is 2.26. The van der Waals surface area contributed by atoms with Crippen LogP contribution in [-0.2, 0) is 6.54 Å². The fraction of sp³-hybridized carbons (Fsp3) is 0.533. The number of nitrogens with two attached hydrogens (primary N) is 1. The van der Waals surface area contributed by atoms with Crippen LogP contribution in [0.2, 0.25) is 0 Å². The highest BCUT2D eigenvalue weighted by Crippen LogP contribution is 2.33. The van der Waals surface area contributed by atoms with Crippen LogP contribution in [0.1, 0.15) is 42.4 Å². The van der Waals surface area contributed by atoms with Gasteiger partial charge in [0.25, 0.3) is 0 Å². The zero-order valence-electron chi connectivity index (χ0n) is 11.5. The van der Waals surface area contributed by atoms with Crippen LogP contribution >= 0.6 is 0 Å². The van der Waals surface area contributed by atoms with Crippen molar-refractivity contribution in [3.63, 3.8) is 0 Å². The van der Waals surface area contributed by atoms with Crippen LogP contribution in [0.5, 0.6) is 0 Å². The van der Waals surface area contributed by atoms with Gasteiger partial charge in [-0.15, -0.1) is 0 Å². The van der Waals surface area contributed by atoms with E-state index in [1.165, 1.54) is 36.8 Å². The number of nitrogens with one attached hydrogen (secondary N) is 1. The molecule has 104 valence electrons. The molecular formula is C15H23N3O. The number of oxime groups is 1. The summed E-state index contributed by atoms with van der Waals surface area (Å²) in [6.45, 7) is 4.01. The summed E-state index contributed by atoms with van der Waals surface area (Å²) in [5.41, 5.74) is 8.76. The van der Waals surface area contributed by atoms with Gasteiger partial charge in [-0.25, -0.2) is 0 Å². The molecule has 0 heterocycles. The van der Waals surface area contributed by atoms with Crippen molar-refractivity contribution in [3.05, 3.63) is 34.9 Å². The van der Waals surface area contributed by atoms with Gasteiger partial charge < -0.3 is 16.3 Å². The molecule has 1 aliphatic carbocycles. The molecule has 0 atom stereocenters. The molecule has 0 spiro atoms.